The Labute approximate surface area is 111 Å². The van der Waals surface area contributed by atoms with Crippen LogP contribution in [0.4, 0.5) is 0 Å². The van der Waals surface area contributed by atoms with Crippen molar-refractivity contribution in [3.63, 3.8) is 0 Å². The Balaban J connectivity index is 2.00. The lowest BCUT2D eigenvalue weighted by Crippen LogP contribution is -2.16. The van der Waals surface area contributed by atoms with Crippen LogP contribution in [-0.2, 0) is 0 Å². The Morgan fingerprint density at radius 1 is 1.33 bits per heavy atom. The number of benzene rings is 1. The van der Waals surface area contributed by atoms with Crippen LogP contribution in [0.3, 0.4) is 0 Å². The molecule has 4 heteroatoms. The van der Waals surface area contributed by atoms with E-state index in [0.717, 1.165) is 22.7 Å². The van der Waals surface area contributed by atoms with Crippen LogP contribution in [0.15, 0.2) is 40.2 Å². The molecule has 0 aliphatic carbocycles. The quantitative estimate of drug-likeness (QED) is 0.817. The maximum atomic E-state index is 11.9. The lowest BCUT2D eigenvalue weighted by atomic mass is 9.92. The van der Waals surface area contributed by atoms with Gasteiger partial charge in [-0.15, -0.1) is 0 Å². The van der Waals surface area contributed by atoms with E-state index >= 15 is 0 Å². The number of thioether (sulfide) groups is 1. The van der Waals surface area contributed by atoms with E-state index in [9.17, 15) is 4.79 Å². The molecular weight excluding hydrogens is 244 g/mol. The van der Waals surface area contributed by atoms with Gasteiger partial charge in [0, 0.05) is 17.0 Å². The Hall–Kier alpha value is -1.39. The van der Waals surface area contributed by atoms with Crippen LogP contribution in [0.1, 0.15) is 21.8 Å². The first-order valence-corrected chi connectivity index (χ1v) is 6.72. The molecule has 92 valence electrons. The molecule has 0 aromatic heterocycles. The average Bonchev–Trinajstić information content (AvgIpc) is 2.71. The summed E-state index contributed by atoms with van der Waals surface area (Å²) in [6.07, 6.45) is 2.23. The van der Waals surface area contributed by atoms with Gasteiger partial charge in [-0.2, -0.15) is 0 Å². The number of rotatable bonds is 2. The summed E-state index contributed by atoms with van der Waals surface area (Å²) in [5.41, 5.74) is 1.84. The summed E-state index contributed by atoms with van der Waals surface area (Å²) in [5.74, 6) is 0.0719. The molecule has 1 atom stereocenters. The third kappa shape index (κ3) is 1.91. The van der Waals surface area contributed by atoms with Gasteiger partial charge in [0.05, 0.1) is 11.0 Å². The number of hydrogen-bond acceptors (Lipinski definition) is 3. The molecule has 1 aromatic carbocycles. The van der Waals surface area contributed by atoms with Crippen LogP contribution >= 0.6 is 11.8 Å². The third-order valence-electron chi connectivity index (χ3n) is 3.06. The van der Waals surface area contributed by atoms with E-state index in [1.54, 1.807) is 11.8 Å². The summed E-state index contributed by atoms with van der Waals surface area (Å²) in [7, 11) is 4.09. The second kappa shape index (κ2) is 4.37. The molecule has 0 radical (unpaired) electrons. The SMILES string of the molecule is CN(C)CC1=CC2C(=NC(=O)c3ccccc32)S1. The predicted octanol–water partition coefficient (Wildman–Crippen LogP) is 2.51. The first kappa shape index (κ1) is 11.7. The minimum atomic E-state index is -0.108. The number of carbonyl (C=O) groups excluding carboxylic acids is 1. The van der Waals surface area contributed by atoms with E-state index in [4.69, 9.17) is 0 Å². The fourth-order valence-electron chi connectivity index (χ4n) is 2.32. The zero-order valence-corrected chi connectivity index (χ0v) is 11.2. The van der Waals surface area contributed by atoms with E-state index in [1.807, 2.05) is 38.4 Å². The molecule has 2 heterocycles. The highest BCUT2D eigenvalue weighted by molar-refractivity contribution is 8.17. The fraction of sp³-hybridized carbons (Fsp3) is 0.286. The van der Waals surface area contributed by atoms with E-state index < -0.39 is 0 Å². The van der Waals surface area contributed by atoms with E-state index in [2.05, 4.69) is 16.0 Å². The number of carbonyl (C=O) groups is 1. The fourth-order valence-corrected chi connectivity index (χ4v) is 3.57. The topological polar surface area (TPSA) is 32.7 Å². The second-order valence-corrected chi connectivity index (χ2v) is 5.94. The van der Waals surface area contributed by atoms with Gasteiger partial charge in [-0.25, -0.2) is 4.99 Å². The molecule has 0 saturated heterocycles. The molecule has 0 N–H and O–H groups in total. The Morgan fingerprint density at radius 2 is 2.11 bits per heavy atom. The largest absolute Gasteiger partial charge is 0.305 e. The van der Waals surface area contributed by atoms with Gasteiger partial charge in [0.2, 0.25) is 0 Å². The van der Waals surface area contributed by atoms with E-state index in [1.165, 1.54) is 4.91 Å². The normalized spacial score (nSPS) is 21.5. The zero-order valence-electron chi connectivity index (χ0n) is 10.4. The average molecular weight is 258 g/mol. The number of likely N-dealkylation sites (N-methyl/N-ethyl adjacent to an activating group) is 1. The summed E-state index contributed by atoms with van der Waals surface area (Å²) in [5, 5.41) is 0.926. The van der Waals surface area contributed by atoms with Crippen LogP contribution in [0.5, 0.6) is 0 Å². The van der Waals surface area contributed by atoms with Crippen LogP contribution in [0.2, 0.25) is 0 Å². The molecule has 0 bridgehead atoms. The van der Waals surface area contributed by atoms with Gasteiger partial charge in [-0.05, 0) is 25.7 Å². The van der Waals surface area contributed by atoms with Crippen LogP contribution in [0, 0.1) is 0 Å². The molecule has 2 aliphatic rings. The summed E-state index contributed by atoms with van der Waals surface area (Å²) < 4.78 is 0. The zero-order chi connectivity index (χ0) is 12.7. The molecule has 1 amide bonds. The van der Waals surface area contributed by atoms with Gasteiger partial charge in [-0.3, -0.25) is 4.79 Å². The standard InChI is InChI=1S/C14H14N2OS/c1-16(2)8-9-7-12-10-5-3-4-6-11(10)13(17)15-14(12)18-9/h3-7,12H,8H2,1-2H3. The second-order valence-electron chi connectivity index (χ2n) is 4.79. The van der Waals surface area contributed by atoms with E-state index in [0.29, 0.717) is 0 Å². The molecule has 0 fully saturated rings. The van der Waals surface area contributed by atoms with Gasteiger partial charge in [0.15, 0.2) is 0 Å². The molecule has 0 spiro atoms. The van der Waals surface area contributed by atoms with Gasteiger partial charge >= 0.3 is 0 Å². The highest BCUT2D eigenvalue weighted by atomic mass is 32.2. The van der Waals surface area contributed by atoms with Crippen molar-refractivity contribution in [2.24, 2.45) is 4.99 Å². The number of nitrogens with zero attached hydrogens (tertiary/aromatic N) is 2. The number of hydrogen-bond donors (Lipinski definition) is 0. The summed E-state index contributed by atoms with van der Waals surface area (Å²) >= 11 is 1.64. The molecule has 3 nitrogen and oxygen atoms in total. The van der Waals surface area contributed by atoms with Crippen molar-refractivity contribution in [1.29, 1.82) is 0 Å². The molecular formula is C14H14N2OS. The monoisotopic (exact) mass is 258 g/mol. The molecule has 18 heavy (non-hydrogen) atoms. The smallest absolute Gasteiger partial charge is 0.278 e. The van der Waals surface area contributed by atoms with Crippen molar-refractivity contribution in [3.8, 4) is 0 Å². The summed E-state index contributed by atoms with van der Waals surface area (Å²) in [6, 6.07) is 7.77. The van der Waals surface area contributed by atoms with Crippen molar-refractivity contribution >= 4 is 22.7 Å². The van der Waals surface area contributed by atoms with Gasteiger partial charge in [0.25, 0.3) is 5.91 Å². The minimum Gasteiger partial charge on any atom is -0.305 e. The molecule has 2 aliphatic heterocycles. The number of allylic oxidation sites excluding steroid dienone is 1. The summed E-state index contributed by atoms with van der Waals surface area (Å²) in [6.45, 7) is 0.899. The van der Waals surface area contributed by atoms with Crippen LogP contribution in [0.25, 0.3) is 0 Å². The molecule has 0 saturated carbocycles. The van der Waals surface area contributed by atoms with Crippen molar-refractivity contribution < 1.29 is 4.79 Å². The minimum absolute atomic E-state index is 0.108. The van der Waals surface area contributed by atoms with E-state index in [-0.39, 0.29) is 11.8 Å². The maximum absolute atomic E-state index is 11.9. The third-order valence-corrected chi connectivity index (χ3v) is 4.15. The van der Waals surface area contributed by atoms with Crippen molar-refractivity contribution in [2.45, 2.75) is 5.92 Å². The van der Waals surface area contributed by atoms with Crippen molar-refractivity contribution in [3.05, 3.63) is 46.4 Å². The lowest BCUT2D eigenvalue weighted by molar-refractivity contribution is 0.1000. The lowest BCUT2D eigenvalue weighted by Gasteiger charge is -2.17. The Kier molecular flexibility index (Phi) is 2.84. The number of fused-ring (bicyclic) bond motifs is 3. The first-order chi connectivity index (χ1) is 8.65. The van der Waals surface area contributed by atoms with Gasteiger partial charge < -0.3 is 4.90 Å². The highest BCUT2D eigenvalue weighted by Crippen LogP contribution is 2.42. The highest BCUT2D eigenvalue weighted by Gasteiger charge is 2.32. The Morgan fingerprint density at radius 3 is 2.89 bits per heavy atom. The van der Waals surface area contributed by atoms with Crippen molar-refractivity contribution in [2.75, 3.05) is 20.6 Å². The number of aliphatic imine (C=N–C) groups is 1. The first-order valence-electron chi connectivity index (χ1n) is 5.90. The predicted molar refractivity (Wildman–Crippen MR) is 75.2 cm³/mol. The van der Waals surface area contributed by atoms with Gasteiger partial charge in [0.1, 0.15) is 0 Å². The summed E-state index contributed by atoms with van der Waals surface area (Å²) in [4.78, 5) is 19.5. The van der Waals surface area contributed by atoms with Crippen molar-refractivity contribution in [1.82, 2.24) is 4.90 Å². The van der Waals surface area contributed by atoms with Gasteiger partial charge in [-0.1, -0.05) is 36.0 Å². The van der Waals surface area contributed by atoms with Crippen LogP contribution in [-0.4, -0.2) is 36.5 Å². The molecule has 1 unspecified atom stereocenters. The molecule has 3 rings (SSSR count). The Bertz CT molecular complexity index is 575. The maximum Gasteiger partial charge on any atom is 0.278 e. The molecule has 1 aromatic rings. The number of amides is 1. The van der Waals surface area contributed by atoms with Crippen LogP contribution < -0.4 is 0 Å².